The molecule has 2 aliphatic heterocycles. The summed E-state index contributed by atoms with van der Waals surface area (Å²) < 4.78 is 5.56. The first-order valence-corrected chi connectivity index (χ1v) is 19.3. The summed E-state index contributed by atoms with van der Waals surface area (Å²) in [6.45, 7) is 20.9. The zero-order valence-corrected chi connectivity index (χ0v) is 31.7. The Labute approximate surface area is 293 Å². The average molecular weight is 668 g/mol. The number of aryl methyl sites for hydroxylation is 1. The van der Waals surface area contributed by atoms with E-state index >= 15 is 0 Å². The second-order valence-electron chi connectivity index (χ2n) is 17.1. The number of hydrogen-bond acceptors (Lipinski definition) is 5. The predicted molar refractivity (Wildman–Crippen MR) is 197 cm³/mol. The van der Waals surface area contributed by atoms with Crippen LogP contribution in [0.15, 0.2) is 30.3 Å². The SMILES string of the molecule is CC(C)(C)OC(=O)N1CCN(C2CCCCC2)CC1(C)C.CC1(C)CN(C2CCCCC2)CCN1C(=O)NCCCCc1ccccc1. The van der Waals surface area contributed by atoms with Crippen molar-refractivity contribution < 1.29 is 14.3 Å². The second-order valence-corrected chi connectivity index (χ2v) is 17.1. The first-order chi connectivity index (χ1) is 22.7. The largest absolute Gasteiger partial charge is 0.444 e. The highest BCUT2D eigenvalue weighted by atomic mass is 16.6. The molecule has 4 aliphatic rings. The Morgan fingerprint density at radius 2 is 1.23 bits per heavy atom. The molecule has 272 valence electrons. The molecule has 0 radical (unpaired) electrons. The maximum Gasteiger partial charge on any atom is 0.410 e. The van der Waals surface area contributed by atoms with Crippen molar-refractivity contribution in [1.29, 1.82) is 0 Å². The maximum atomic E-state index is 12.7. The molecular weight excluding hydrogens is 598 g/mol. The van der Waals surface area contributed by atoms with Gasteiger partial charge in [-0.1, -0.05) is 68.9 Å². The van der Waals surface area contributed by atoms with Crippen molar-refractivity contribution in [1.82, 2.24) is 24.9 Å². The van der Waals surface area contributed by atoms with Crippen molar-refractivity contribution in [2.75, 3.05) is 45.8 Å². The molecule has 0 spiro atoms. The van der Waals surface area contributed by atoms with Crippen LogP contribution in [-0.2, 0) is 11.2 Å². The number of hydrogen-bond donors (Lipinski definition) is 1. The lowest BCUT2D eigenvalue weighted by Crippen LogP contribution is -2.64. The minimum Gasteiger partial charge on any atom is -0.444 e. The Hall–Kier alpha value is -2.32. The van der Waals surface area contributed by atoms with Gasteiger partial charge in [-0.25, -0.2) is 9.59 Å². The Kier molecular flexibility index (Phi) is 14.1. The zero-order valence-electron chi connectivity index (χ0n) is 31.7. The number of benzene rings is 1. The van der Waals surface area contributed by atoms with Gasteiger partial charge in [0.1, 0.15) is 5.60 Å². The fraction of sp³-hybridized carbons (Fsp3) is 0.800. The number of nitrogens with zero attached hydrogens (tertiary/aromatic N) is 4. The highest BCUT2D eigenvalue weighted by molar-refractivity contribution is 5.75. The summed E-state index contributed by atoms with van der Waals surface area (Å²) in [7, 11) is 0. The molecule has 2 aliphatic carbocycles. The molecule has 0 bridgehead atoms. The molecular formula is C40H69N5O3. The van der Waals surface area contributed by atoms with Crippen LogP contribution in [0.3, 0.4) is 0 Å². The number of amides is 3. The fourth-order valence-corrected chi connectivity index (χ4v) is 8.32. The van der Waals surface area contributed by atoms with E-state index < -0.39 is 5.60 Å². The van der Waals surface area contributed by atoms with Gasteiger partial charge in [-0.05, 0) is 99.0 Å². The van der Waals surface area contributed by atoms with Crippen LogP contribution in [0.1, 0.15) is 131 Å². The predicted octanol–water partition coefficient (Wildman–Crippen LogP) is 8.10. The van der Waals surface area contributed by atoms with E-state index in [9.17, 15) is 9.59 Å². The molecule has 8 nitrogen and oxygen atoms in total. The van der Waals surface area contributed by atoms with Gasteiger partial charge in [0.2, 0.25) is 0 Å². The third-order valence-corrected chi connectivity index (χ3v) is 10.9. The molecule has 1 aromatic carbocycles. The summed E-state index contributed by atoms with van der Waals surface area (Å²) in [6.07, 6.45) is 16.6. The van der Waals surface area contributed by atoms with Gasteiger partial charge in [-0.3, -0.25) is 9.80 Å². The molecule has 2 saturated carbocycles. The zero-order chi connectivity index (χ0) is 34.8. The van der Waals surface area contributed by atoms with Gasteiger partial charge in [0.15, 0.2) is 0 Å². The van der Waals surface area contributed by atoms with Crippen LogP contribution in [0.5, 0.6) is 0 Å². The summed E-state index contributed by atoms with van der Waals surface area (Å²) in [5.74, 6) is 0. The number of ether oxygens (including phenoxy) is 1. The minimum absolute atomic E-state index is 0.0934. The molecule has 5 rings (SSSR count). The average Bonchev–Trinajstić information content (AvgIpc) is 3.04. The number of nitrogens with one attached hydrogen (secondary N) is 1. The monoisotopic (exact) mass is 668 g/mol. The van der Waals surface area contributed by atoms with E-state index in [0.29, 0.717) is 0 Å². The molecule has 0 unspecified atom stereocenters. The third kappa shape index (κ3) is 11.6. The van der Waals surface area contributed by atoms with Crippen LogP contribution in [-0.4, -0.2) is 106 Å². The molecule has 8 heteroatoms. The standard InChI is InChI=1S/C23H37N3O.C17H32N2O2/c1-23(2)19-25(21-14-7-4-8-15-21)17-18-26(23)22(27)24-16-10-9-13-20-11-5-3-6-12-20;1-16(2,3)21-15(20)19-12-11-18(13-17(19,4)5)14-9-7-6-8-10-14/h3,5-6,11-12,21H,4,7-10,13-19H2,1-2H3,(H,24,27);14H,6-13H2,1-5H3. The lowest BCUT2D eigenvalue weighted by atomic mass is 9.91. The quantitative estimate of drug-likeness (QED) is 0.298. The molecule has 0 aromatic heterocycles. The van der Waals surface area contributed by atoms with Crippen molar-refractivity contribution in [3.8, 4) is 0 Å². The van der Waals surface area contributed by atoms with E-state index in [1.807, 2.05) is 25.7 Å². The number of carbonyl (C=O) groups excluding carboxylic acids is 2. The summed E-state index contributed by atoms with van der Waals surface area (Å²) in [6, 6.07) is 12.2. The normalized spacial score (nSPS) is 22.8. The Morgan fingerprint density at radius 3 is 1.71 bits per heavy atom. The van der Waals surface area contributed by atoms with E-state index in [1.165, 1.54) is 69.8 Å². The summed E-state index contributed by atoms with van der Waals surface area (Å²) in [5, 5.41) is 3.16. The van der Waals surface area contributed by atoms with Crippen molar-refractivity contribution in [2.24, 2.45) is 0 Å². The second kappa shape index (κ2) is 17.6. The first kappa shape index (κ1) is 38.5. The topological polar surface area (TPSA) is 68.4 Å². The number of piperazine rings is 2. The van der Waals surface area contributed by atoms with Crippen LogP contribution in [0, 0.1) is 0 Å². The van der Waals surface area contributed by atoms with Crippen LogP contribution in [0.4, 0.5) is 9.59 Å². The summed E-state index contributed by atoms with van der Waals surface area (Å²) >= 11 is 0. The molecule has 48 heavy (non-hydrogen) atoms. The van der Waals surface area contributed by atoms with Gasteiger partial charge >= 0.3 is 12.1 Å². The Morgan fingerprint density at radius 1 is 0.729 bits per heavy atom. The van der Waals surface area contributed by atoms with Crippen LogP contribution in [0.2, 0.25) is 0 Å². The van der Waals surface area contributed by atoms with Gasteiger partial charge in [0, 0.05) is 57.9 Å². The lowest BCUT2D eigenvalue weighted by molar-refractivity contribution is -0.0341. The van der Waals surface area contributed by atoms with Gasteiger partial charge in [-0.2, -0.15) is 0 Å². The molecule has 1 N–H and O–H groups in total. The highest BCUT2D eigenvalue weighted by Crippen LogP contribution is 2.30. The van der Waals surface area contributed by atoms with Gasteiger partial charge < -0.3 is 19.9 Å². The molecule has 4 fully saturated rings. The first-order valence-electron chi connectivity index (χ1n) is 19.3. The summed E-state index contributed by atoms with van der Waals surface area (Å²) in [4.78, 5) is 34.3. The molecule has 0 atom stereocenters. The number of urea groups is 1. The molecule has 2 saturated heterocycles. The van der Waals surface area contributed by atoms with Crippen LogP contribution >= 0.6 is 0 Å². The van der Waals surface area contributed by atoms with E-state index in [0.717, 1.165) is 77.2 Å². The van der Waals surface area contributed by atoms with E-state index in [1.54, 1.807) is 0 Å². The number of rotatable bonds is 7. The van der Waals surface area contributed by atoms with Crippen molar-refractivity contribution in [3.05, 3.63) is 35.9 Å². The highest BCUT2D eigenvalue weighted by Gasteiger charge is 2.41. The van der Waals surface area contributed by atoms with Crippen molar-refractivity contribution in [2.45, 2.75) is 161 Å². The van der Waals surface area contributed by atoms with E-state index in [-0.39, 0.29) is 23.2 Å². The van der Waals surface area contributed by atoms with E-state index in [4.69, 9.17) is 4.74 Å². The minimum atomic E-state index is -0.423. The van der Waals surface area contributed by atoms with Crippen LogP contribution in [0.25, 0.3) is 0 Å². The number of carbonyl (C=O) groups is 2. The number of unbranched alkanes of at least 4 members (excludes halogenated alkanes) is 1. The summed E-state index contributed by atoms with van der Waals surface area (Å²) in [5.41, 5.74) is 0.707. The van der Waals surface area contributed by atoms with Crippen molar-refractivity contribution >= 4 is 12.1 Å². The molecule has 2 heterocycles. The molecule has 3 amide bonds. The van der Waals surface area contributed by atoms with Crippen LogP contribution < -0.4 is 5.32 Å². The lowest BCUT2D eigenvalue weighted by Gasteiger charge is -2.49. The Balaban J connectivity index is 0.000000224. The fourth-order valence-electron chi connectivity index (χ4n) is 8.32. The third-order valence-electron chi connectivity index (χ3n) is 10.9. The maximum absolute atomic E-state index is 12.7. The Bertz CT molecular complexity index is 1120. The van der Waals surface area contributed by atoms with E-state index in [2.05, 4.69) is 78.0 Å². The van der Waals surface area contributed by atoms with Crippen molar-refractivity contribution in [3.63, 3.8) is 0 Å². The van der Waals surface area contributed by atoms with Gasteiger partial charge in [0.25, 0.3) is 0 Å². The van der Waals surface area contributed by atoms with Gasteiger partial charge in [0.05, 0.1) is 11.1 Å². The smallest absolute Gasteiger partial charge is 0.410 e. The van der Waals surface area contributed by atoms with Gasteiger partial charge in [-0.15, -0.1) is 0 Å². The molecule has 1 aromatic rings.